The zero-order valence-electron chi connectivity index (χ0n) is 12.0. The minimum Gasteiger partial charge on any atom is -0.494 e. The number of nitrogens with one attached hydrogen (secondary N) is 1. The Balaban J connectivity index is 0.00000220. The summed E-state index contributed by atoms with van der Waals surface area (Å²) in [5.74, 6) is 0.842. The van der Waals surface area contributed by atoms with Gasteiger partial charge in [0.25, 0.3) is 0 Å². The van der Waals surface area contributed by atoms with E-state index in [1.54, 1.807) is 0 Å². The number of rotatable bonds is 6. The van der Waals surface area contributed by atoms with Gasteiger partial charge in [-0.15, -0.1) is 35.7 Å². The Morgan fingerprint density at radius 2 is 1.86 bits per heavy atom. The van der Waals surface area contributed by atoms with E-state index in [-0.39, 0.29) is 24.0 Å². The van der Waals surface area contributed by atoms with E-state index in [0.29, 0.717) is 11.7 Å². The second kappa shape index (κ2) is 9.84. The number of benzene rings is 2. The Hall–Kier alpha value is -1.01. The number of thioether (sulfide) groups is 1. The zero-order chi connectivity index (χ0) is 14.2. The molecule has 2 aromatic rings. The minimum absolute atomic E-state index is 0. The van der Waals surface area contributed by atoms with Gasteiger partial charge in [-0.1, -0.05) is 42.5 Å². The van der Waals surface area contributed by atoms with Crippen LogP contribution in [0.5, 0.6) is 5.75 Å². The van der Waals surface area contributed by atoms with Crippen molar-refractivity contribution >= 4 is 40.8 Å². The van der Waals surface area contributed by atoms with Gasteiger partial charge in [-0.3, -0.25) is 5.41 Å². The highest BCUT2D eigenvalue weighted by atomic mass is 127. The van der Waals surface area contributed by atoms with Crippen LogP contribution in [0.3, 0.4) is 0 Å². The van der Waals surface area contributed by atoms with Crippen LogP contribution >= 0.6 is 35.7 Å². The van der Waals surface area contributed by atoms with Crippen LogP contribution in [-0.2, 0) is 6.42 Å². The number of aryl methyl sites for hydroxylation is 1. The summed E-state index contributed by atoms with van der Waals surface area (Å²) in [7, 11) is 0. The maximum Gasteiger partial charge on any atom is 0.119 e. The van der Waals surface area contributed by atoms with E-state index in [2.05, 4.69) is 24.3 Å². The van der Waals surface area contributed by atoms with Crippen molar-refractivity contribution in [2.45, 2.75) is 12.8 Å². The molecule has 0 aliphatic heterocycles. The van der Waals surface area contributed by atoms with Crippen molar-refractivity contribution in [3.05, 3.63) is 65.7 Å². The molecular weight excluding hydrogens is 393 g/mol. The van der Waals surface area contributed by atoms with Crippen LogP contribution in [0.2, 0.25) is 0 Å². The summed E-state index contributed by atoms with van der Waals surface area (Å²) in [5, 5.41) is 8.38. The average Bonchev–Trinajstić information content (AvgIpc) is 2.52. The molecule has 0 atom stereocenters. The molecule has 0 saturated heterocycles. The van der Waals surface area contributed by atoms with Crippen LogP contribution in [-0.4, -0.2) is 17.9 Å². The Morgan fingerprint density at radius 1 is 1.10 bits per heavy atom. The third kappa shape index (κ3) is 6.09. The second-order valence-corrected chi connectivity index (χ2v) is 5.32. The molecule has 0 unspecified atom stereocenters. The standard InChI is InChI=1S/C17H19NOS.HI/c1-20-17(18)15-10-5-11-16(13-15)19-12-6-9-14-7-3-2-4-8-14;/h2-5,7-8,10-11,13,18H,6,9,12H2,1H3;1H. The van der Waals surface area contributed by atoms with Gasteiger partial charge in [0, 0.05) is 5.56 Å². The van der Waals surface area contributed by atoms with Gasteiger partial charge in [-0.05, 0) is 36.8 Å². The van der Waals surface area contributed by atoms with Crippen molar-refractivity contribution in [2.75, 3.05) is 12.9 Å². The smallest absolute Gasteiger partial charge is 0.119 e. The zero-order valence-corrected chi connectivity index (χ0v) is 15.2. The van der Waals surface area contributed by atoms with Gasteiger partial charge in [0.1, 0.15) is 5.75 Å². The van der Waals surface area contributed by atoms with Crippen LogP contribution in [0.15, 0.2) is 54.6 Å². The van der Waals surface area contributed by atoms with Crippen LogP contribution < -0.4 is 4.74 Å². The van der Waals surface area contributed by atoms with Gasteiger partial charge in [-0.2, -0.15) is 0 Å². The first-order chi connectivity index (χ1) is 9.79. The third-order valence-electron chi connectivity index (χ3n) is 3.02. The predicted octanol–water partition coefficient (Wildman–Crippen LogP) is 5.00. The molecule has 112 valence electrons. The van der Waals surface area contributed by atoms with Gasteiger partial charge in [0.15, 0.2) is 0 Å². The van der Waals surface area contributed by atoms with E-state index in [1.807, 2.05) is 36.6 Å². The fourth-order valence-electron chi connectivity index (χ4n) is 1.96. The molecule has 0 bridgehead atoms. The summed E-state index contributed by atoms with van der Waals surface area (Å²) < 4.78 is 5.76. The third-order valence-corrected chi connectivity index (χ3v) is 3.67. The van der Waals surface area contributed by atoms with Gasteiger partial charge in [0.05, 0.1) is 11.7 Å². The average molecular weight is 413 g/mol. The summed E-state index contributed by atoms with van der Waals surface area (Å²) in [5.41, 5.74) is 2.26. The van der Waals surface area contributed by atoms with E-state index >= 15 is 0 Å². The van der Waals surface area contributed by atoms with E-state index in [0.717, 1.165) is 24.2 Å². The maximum absolute atomic E-state index is 7.81. The molecule has 0 amide bonds. The van der Waals surface area contributed by atoms with Crippen molar-refractivity contribution < 1.29 is 4.74 Å². The van der Waals surface area contributed by atoms with Crippen LogP contribution in [0.25, 0.3) is 0 Å². The Kier molecular flexibility index (Phi) is 8.45. The SMILES string of the molecule is CSC(=N)c1cccc(OCCCc2ccccc2)c1.I. The minimum atomic E-state index is 0. The fraction of sp³-hybridized carbons (Fsp3) is 0.235. The lowest BCUT2D eigenvalue weighted by Crippen LogP contribution is -2.00. The highest BCUT2D eigenvalue weighted by molar-refractivity contribution is 14.0. The number of hydrogen-bond acceptors (Lipinski definition) is 3. The lowest BCUT2D eigenvalue weighted by molar-refractivity contribution is 0.311. The van der Waals surface area contributed by atoms with Gasteiger partial charge < -0.3 is 4.74 Å². The van der Waals surface area contributed by atoms with Gasteiger partial charge in [0.2, 0.25) is 0 Å². The summed E-state index contributed by atoms with van der Waals surface area (Å²) in [4.78, 5) is 0. The number of ether oxygens (including phenoxy) is 1. The van der Waals surface area contributed by atoms with Crippen LogP contribution in [0.4, 0.5) is 0 Å². The Bertz CT molecular complexity index is 560. The molecule has 0 aromatic heterocycles. The Morgan fingerprint density at radius 3 is 2.57 bits per heavy atom. The van der Waals surface area contributed by atoms with Crippen molar-refractivity contribution in [3.8, 4) is 5.75 Å². The number of halogens is 1. The fourth-order valence-corrected chi connectivity index (χ4v) is 2.32. The normalized spacial score (nSPS) is 9.76. The summed E-state index contributed by atoms with van der Waals surface area (Å²) in [6.07, 6.45) is 3.94. The van der Waals surface area contributed by atoms with E-state index in [4.69, 9.17) is 10.1 Å². The van der Waals surface area contributed by atoms with Crippen molar-refractivity contribution in [3.63, 3.8) is 0 Å². The van der Waals surface area contributed by atoms with Crippen LogP contribution in [0, 0.1) is 5.41 Å². The molecule has 0 aliphatic carbocycles. The monoisotopic (exact) mass is 413 g/mol. The summed E-state index contributed by atoms with van der Waals surface area (Å²) in [6.45, 7) is 0.699. The maximum atomic E-state index is 7.81. The van der Waals surface area contributed by atoms with Crippen molar-refractivity contribution in [1.82, 2.24) is 0 Å². The lowest BCUT2D eigenvalue weighted by Gasteiger charge is -2.08. The van der Waals surface area contributed by atoms with Crippen molar-refractivity contribution in [1.29, 1.82) is 5.41 Å². The van der Waals surface area contributed by atoms with Crippen molar-refractivity contribution in [2.24, 2.45) is 0 Å². The number of hydrogen-bond donors (Lipinski definition) is 1. The predicted molar refractivity (Wildman–Crippen MR) is 102 cm³/mol. The van der Waals surface area contributed by atoms with Crippen LogP contribution in [0.1, 0.15) is 17.5 Å². The molecule has 0 radical (unpaired) electrons. The van der Waals surface area contributed by atoms with E-state index in [1.165, 1.54) is 17.3 Å². The summed E-state index contributed by atoms with van der Waals surface area (Å²) in [6, 6.07) is 18.2. The van der Waals surface area contributed by atoms with Gasteiger partial charge >= 0.3 is 0 Å². The molecule has 0 fully saturated rings. The molecule has 2 aromatic carbocycles. The first-order valence-corrected chi connectivity index (χ1v) is 7.92. The lowest BCUT2D eigenvalue weighted by atomic mass is 10.1. The highest BCUT2D eigenvalue weighted by Gasteiger charge is 2.01. The topological polar surface area (TPSA) is 33.1 Å². The molecular formula is C17H20INOS. The summed E-state index contributed by atoms with van der Waals surface area (Å²) >= 11 is 1.44. The van der Waals surface area contributed by atoms with E-state index < -0.39 is 0 Å². The molecule has 2 rings (SSSR count). The Labute approximate surface area is 147 Å². The first-order valence-electron chi connectivity index (χ1n) is 6.69. The first kappa shape index (κ1) is 18.0. The molecule has 0 spiro atoms. The van der Waals surface area contributed by atoms with Gasteiger partial charge in [-0.25, -0.2) is 0 Å². The molecule has 2 nitrogen and oxygen atoms in total. The second-order valence-electron chi connectivity index (χ2n) is 4.50. The largest absolute Gasteiger partial charge is 0.494 e. The highest BCUT2D eigenvalue weighted by Crippen LogP contribution is 2.17. The molecule has 21 heavy (non-hydrogen) atoms. The molecule has 4 heteroatoms. The molecule has 0 aliphatic rings. The quantitative estimate of drug-likeness (QED) is 0.313. The molecule has 0 heterocycles. The molecule has 1 N–H and O–H groups in total. The molecule has 0 saturated carbocycles. The van der Waals surface area contributed by atoms with E-state index in [9.17, 15) is 0 Å².